The van der Waals surface area contributed by atoms with E-state index in [9.17, 15) is 14.4 Å². The number of carbonyl (C=O) groups excluding carboxylic acids is 2. The first-order valence-corrected chi connectivity index (χ1v) is 4.11. The van der Waals surface area contributed by atoms with Crippen molar-refractivity contribution in [2.45, 2.75) is 26.4 Å². The lowest BCUT2D eigenvalue weighted by atomic mass is 10.2. The molecule has 0 aliphatic rings. The Morgan fingerprint density at radius 2 is 1.80 bits per heavy atom. The highest BCUT2D eigenvalue weighted by Gasteiger charge is 2.17. The maximum Gasteiger partial charge on any atom is 0.513 e. The van der Waals surface area contributed by atoms with Crippen LogP contribution in [0, 0.1) is 0 Å². The summed E-state index contributed by atoms with van der Waals surface area (Å²) < 4.78 is 8.53. The molecule has 0 saturated carbocycles. The fourth-order valence-corrected chi connectivity index (χ4v) is 0.592. The van der Waals surface area contributed by atoms with Crippen LogP contribution in [0.15, 0.2) is 0 Å². The van der Waals surface area contributed by atoms with Gasteiger partial charge in [0, 0.05) is 0 Å². The summed E-state index contributed by atoms with van der Waals surface area (Å²) in [6.45, 7) is 4.41. The monoisotopic (exact) mass is 219 g/mol. The number of carbonyl (C=O) groups is 3. The minimum Gasteiger partial charge on any atom is -0.449 e. The molecule has 2 N–H and O–H groups in total. The van der Waals surface area contributed by atoms with Crippen LogP contribution in [0.4, 0.5) is 9.59 Å². The molecule has 0 aromatic heterocycles. The molecule has 0 heterocycles. The molecule has 0 aromatic rings. The number of hydrogen-bond donors (Lipinski definition) is 2. The molecule has 7 nitrogen and oxygen atoms in total. The maximum absolute atomic E-state index is 11.0. The van der Waals surface area contributed by atoms with Crippen molar-refractivity contribution in [3.63, 3.8) is 0 Å². The molecule has 0 aliphatic heterocycles. The Balaban J connectivity index is 3.82. The zero-order valence-electron chi connectivity index (χ0n) is 8.70. The van der Waals surface area contributed by atoms with Crippen LogP contribution >= 0.6 is 0 Å². The summed E-state index contributed by atoms with van der Waals surface area (Å²) in [7, 11) is 0. The predicted octanol–water partition coefficient (Wildman–Crippen LogP) is 0.732. The maximum atomic E-state index is 11.0. The van der Waals surface area contributed by atoms with Crippen molar-refractivity contribution >= 4 is 18.2 Å². The number of alkyl carbamates (subject to hydrolysis) is 1. The number of esters is 1. The zero-order valence-corrected chi connectivity index (χ0v) is 8.70. The van der Waals surface area contributed by atoms with Gasteiger partial charge in [-0.15, -0.1) is 0 Å². The minimum absolute atomic E-state index is 0.554. The molecular formula is C8H13NO6. The Morgan fingerprint density at radius 1 is 1.27 bits per heavy atom. The van der Waals surface area contributed by atoms with E-state index >= 15 is 0 Å². The summed E-state index contributed by atoms with van der Waals surface area (Å²) in [5.74, 6) is -1.08. The second kappa shape index (κ2) is 5.18. The van der Waals surface area contributed by atoms with Crippen LogP contribution in [0.25, 0.3) is 0 Å². The molecule has 0 spiro atoms. The highest BCUT2D eigenvalue weighted by molar-refractivity contribution is 5.84. The lowest BCUT2D eigenvalue weighted by Gasteiger charge is -2.19. The Kier molecular flexibility index (Phi) is 4.56. The lowest BCUT2D eigenvalue weighted by Crippen LogP contribution is -2.36. The summed E-state index contributed by atoms with van der Waals surface area (Å²) in [5.41, 5.74) is -0.680. The van der Waals surface area contributed by atoms with Gasteiger partial charge < -0.3 is 19.9 Å². The Bertz CT molecular complexity index is 267. The molecule has 0 aliphatic carbocycles. The topological polar surface area (TPSA) is 102 Å². The van der Waals surface area contributed by atoms with Crippen molar-refractivity contribution in [1.82, 2.24) is 5.32 Å². The normalized spacial score (nSPS) is 10.3. The minimum atomic E-state index is -1.72. The number of nitrogens with one attached hydrogen (secondary N) is 1. The molecule has 0 atom stereocenters. The Hall–Kier alpha value is -1.79. The van der Waals surface area contributed by atoms with Crippen LogP contribution in [-0.4, -0.2) is 35.5 Å². The van der Waals surface area contributed by atoms with E-state index < -0.39 is 30.4 Å². The van der Waals surface area contributed by atoms with Crippen molar-refractivity contribution in [2.75, 3.05) is 6.54 Å². The Labute approximate surface area is 86.3 Å². The molecule has 0 fully saturated rings. The quantitative estimate of drug-likeness (QED) is 0.524. The second-order valence-electron chi connectivity index (χ2n) is 3.60. The molecule has 7 heteroatoms. The van der Waals surface area contributed by atoms with Gasteiger partial charge in [-0.3, -0.25) is 0 Å². The van der Waals surface area contributed by atoms with Gasteiger partial charge in [0.2, 0.25) is 0 Å². The van der Waals surface area contributed by atoms with Gasteiger partial charge in [-0.05, 0) is 20.8 Å². The molecule has 0 aromatic carbocycles. The first kappa shape index (κ1) is 13.2. The fourth-order valence-electron chi connectivity index (χ4n) is 0.592. The molecule has 15 heavy (non-hydrogen) atoms. The molecule has 0 unspecified atom stereocenters. The number of hydrogen-bond acceptors (Lipinski definition) is 5. The second-order valence-corrected chi connectivity index (χ2v) is 3.60. The van der Waals surface area contributed by atoms with Crippen LogP contribution in [0.5, 0.6) is 0 Å². The molecule has 0 saturated heterocycles. The van der Waals surface area contributed by atoms with Crippen molar-refractivity contribution < 1.29 is 29.0 Å². The van der Waals surface area contributed by atoms with E-state index in [2.05, 4.69) is 4.74 Å². The summed E-state index contributed by atoms with van der Waals surface area (Å²) >= 11 is 0. The van der Waals surface area contributed by atoms with Crippen LogP contribution in [0.1, 0.15) is 20.8 Å². The zero-order chi connectivity index (χ0) is 12.1. The van der Waals surface area contributed by atoms with E-state index in [1.807, 2.05) is 5.32 Å². The summed E-state index contributed by atoms with van der Waals surface area (Å²) in [4.78, 5) is 31.5. The van der Waals surface area contributed by atoms with Gasteiger partial charge in [-0.25, -0.2) is 14.4 Å². The van der Waals surface area contributed by atoms with E-state index in [0.717, 1.165) is 0 Å². The number of rotatable bonds is 2. The SMILES string of the molecule is CC(C)(C)OC(=O)NCC(=O)OC(=O)O. The molecule has 0 radical (unpaired) electrons. The largest absolute Gasteiger partial charge is 0.513 e. The van der Waals surface area contributed by atoms with Crippen LogP contribution in [0.3, 0.4) is 0 Å². The average molecular weight is 219 g/mol. The number of carboxylic acid groups (broad SMARTS) is 1. The van der Waals surface area contributed by atoms with Crippen LogP contribution in [-0.2, 0) is 14.3 Å². The van der Waals surface area contributed by atoms with Gasteiger partial charge in [0.25, 0.3) is 0 Å². The first-order chi connectivity index (χ1) is 6.70. The average Bonchev–Trinajstić information content (AvgIpc) is 1.96. The smallest absolute Gasteiger partial charge is 0.449 e. The van der Waals surface area contributed by atoms with Gasteiger partial charge in [0.05, 0.1) is 0 Å². The molecule has 0 rings (SSSR count). The molecule has 86 valence electrons. The third kappa shape index (κ3) is 8.54. The number of amides is 1. The Morgan fingerprint density at radius 3 is 2.20 bits per heavy atom. The van der Waals surface area contributed by atoms with Gasteiger partial charge in [0.15, 0.2) is 0 Å². The highest BCUT2D eigenvalue weighted by Crippen LogP contribution is 2.05. The first-order valence-electron chi connectivity index (χ1n) is 4.11. The van der Waals surface area contributed by atoms with Crippen molar-refractivity contribution in [1.29, 1.82) is 0 Å². The van der Waals surface area contributed by atoms with E-state index in [1.165, 1.54) is 0 Å². The highest BCUT2D eigenvalue weighted by atomic mass is 16.7. The molecule has 0 bridgehead atoms. The van der Waals surface area contributed by atoms with Gasteiger partial charge in [-0.1, -0.05) is 0 Å². The van der Waals surface area contributed by atoms with Gasteiger partial charge in [0.1, 0.15) is 12.1 Å². The van der Waals surface area contributed by atoms with Crippen LogP contribution in [0.2, 0.25) is 0 Å². The van der Waals surface area contributed by atoms with E-state index in [4.69, 9.17) is 9.84 Å². The van der Waals surface area contributed by atoms with Crippen molar-refractivity contribution in [3.8, 4) is 0 Å². The third-order valence-electron chi connectivity index (χ3n) is 0.977. The molecular weight excluding hydrogens is 206 g/mol. The fraction of sp³-hybridized carbons (Fsp3) is 0.625. The summed E-state index contributed by atoms with van der Waals surface area (Å²) in [5, 5.41) is 10.1. The summed E-state index contributed by atoms with van der Waals surface area (Å²) in [6.07, 6.45) is -2.53. The predicted molar refractivity (Wildman–Crippen MR) is 48.4 cm³/mol. The van der Waals surface area contributed by atoms with E-state index in [-0.39, 0.29) is 0 Å². The van der Waals surface area contributed by atoms with E-state index in [0.29, 0.717) is 0 Å². The summed E-state index contributed by atoms with van der Waals surface area (Å²) in [6, 6.07) is 0. The van der Waals surface area contributed by atoms with Gasteiger partial charge in [-0.2, -0.15) is 0 Å². The van der Waals surface area contributed by atoms with Gasteiger partial charge >= 0.3 is 18.2 Å². The van der Waals surface area contributed by atoms with E-state index in [1.54, 1.807) is 20.8 Å². The van der Waals surface area contributed by atoms with Crippen molar-refractivity contribution in [3.05, 3.63) is 0 Å². The molecule has 1 amide bonds. The van der Waals surface area contributed by atoms with Crippen molar-refractivity contribution in [2.24, 2.45) is 0 Å². The lowest BCUT2D eigenvalue weighted by molar-refractivity contribution is -0.137. The third-order valence-corrected chi connectivity index (χ3v) is 0.977. The standard InChI is InChI=1S/C8H13NO6/c1-8(2,3)15-6(11)9-4-5(10)14-7(12)13/h4H2,1-3H3,(H,9,11)(H,12,13). The van der Waals surface area contributed by atoms with Crippen LogP contribution < -0.4 is 5.32 Å². The number of ether oxygens (including phenoxy) is 2.